The number of nitrogens with two attached hydrogens (primary N) is 2. The summed E-state index contributed by atoms with van der Waals surface area (Å²) in [5, 5.41) is 0. The number of carbonyl (C=O) groups excluding carboxylic acids is 2. The predicted octanol–water partition coefficient (Wildman–Crippen LogP) is 3.36. The highest BCUT2D eigenvalue weighted by molar-refractivity contribution is 5.95. The van der Waals surface area contributed by atoms with Gasteiger partial charge in [0.15, 0.2) is 6.17 Å². The van der Waals surface area contributed by atoms with Gasteiger partial charge in [-0.1, -0.05) is 12.1 Å². The first-order valence-corrected chi connectivity index (χ1v) is 11.5. The summed E-state index contributed by atoms with van der Waals surface area (Å²) >= 11 is 0. The molecule has 0 radical (unpaired) electrons. The van der Waals surface area contributed by atoms with E-state index >= 15 is 4.39 Å². The Morgan fingerprint density at radius 1 is 1.08 bits per heavy atom. The van der Waals surface area contributed by atoms with Gasteiger partial charge in [0.2, 0.25) is 5.91 Å². The number of amides is 2. The van der Waals surface area contributed by atoms with Crippen LogP contribution in [0.5, 0.6) is 17.2 Å². The van der Waals surface area contributed by atoms with Crippen molar-refractivity contribution in [3.63, 3.8) is 0 Å². The Bertz CT molecular complexity index is 1100. The summed E-state index contributed by atoms with van der Waals surface area (Å²) in [7, 11) is 0. The second kappa shape index (κ2) is 11.2. The van der Waals surface area contributed by atoms with Crippen LogP contribution in [0, 0.1) is 0 Å². The quantitative estimate of drug-likeness (QED) is 0.483. The van der Waals surface area contributed by atoms with Crippen molar-refractivity contribution < 1.29 is 41.4 Å². The lowest BCUT2D eigenvalue weighted by Crippen LogP contribution is -2.49. The van der Waals surface area contributed by atoms with Crippen LogP contribution < -0.4 is 25.7 Å². The summed E-state index contributed by atoms with van der Waals surface area (Å²) < 4.78 is 67.2. The first-order chi connectivity index (χ1) is 17.2. The molecule has 2 atom stereocenters. The number of primary amides is 1. The molecule has 2 amide bonds. The van der Waals surface area contributed by atoms with E-state index in [1.165, 1.54) is 35.2 Å². The van der Waals surface area contributed by atoms with E-state index in [-0.39, 0.29) is 49.8 Å². The lowest BCUT2D eigenvalue weighted by atomic mass is 10.0. The van der Waals surface area contributed by atoms with E-state index in [4.69, 9.17) is 20.9 Å². The number of hydrogen-bond donors (Lipinski definition) is 2. The second-order valence-electron chi connectivity index (χ2n) is 9.47. The summed E-state index contributed by atoms with van der Waals surface area (Å²) in [6.07, 6.45) is -7.29. The molecule has 0 unspecified atom stereocenters. The van der Waals surface area contributed by atoms with Crippen molar-refractivity contribution in [1.82, 2.24) is 4.90 Å². The van der Waals surface area contributed by atoms with E-state index in [1.807, 2.05) is 0 Å². The number of rotatable bonds is 9. The minimum Gasteiger partial charge on any atom is -0.492 e. The zero-order valence-electron chi connectivity index (χ0n) is 20.4. The molecule has 1 aliphatic rings. The highest BCUT2D eigenvalue weighted by atomic mass is 19.4. The lowest BCUT2D eigenvalue weighted by molar-refractivity contribution is -0.274. The van der Waals surface area contributed by atoms with Crippen molar-refractivity contribution in [1.29, 1.82) is 0 Å². The standard InChI is InChI=1S/C25H29F4N3O5/c1-24(2,31)14-35-17-7-8-18(23(30)34)21(12-17)36-20-9-10-32(13-19(20)26)22(33)11-15-3-5-16(6-4-15)37-25(27,28)29/h3-8,12,19-20H,9-11,13-14,31H2,1-2H3,(H2,30,34)/t19-,20-/m1/s1. The molecular weight excluding hydrogens is 498 g/mol. The van der Waals surface area contributed by atoms with Gasteiger partial charge < -0.3 is 30.6 Å². The van der Waals surface area contributed by atoms with Crippen LogP contribution in [-0.2, 0) is 11.2 Å². The molecule has 2 aromatic rings. The smallest absolute Gasteiger partial charge is 0.492 e. The summed E-state index contributed by atoms with van der Waals surface area (Å²) in [4.78, 5) is 25.8. The van der Waals surface area contributed by atoms with Gasteiger partial charge in [-0.25, -0.2) is 4.39 Å². The van der Waals surface area contributed by atoms with E-state index in [0.29, 0.717) is 11.3 Å². The van der Waals surface area contributed by atoms with E-state index < -0.39 is 35.8 Å². The van der Waals surface area contributed by atoms with E-state index in [9.17, 15) is 22.8 Å². The van der Waals surface area contributed by atoms with Crippen LogP contribution in [0.25, 0.3) is 0 Å². The summed E-state index contributed by atoms with van der Waals surface area (Å²) in [6, 6.07) is 9.31. The van der Waals surface area contributed by atoms with Crippen LogP contribution in [0.3, 0.4) is 0 Å². The van der Waals surface area contributed by atoms with Gasteiger partial charge in [0.25, 0.3) is 5.91 Å². The minimum atomic E-state index is -4.81. The number of carbonyl (C=O) groups is 2. The van der Waals surface area contributed by atoms with Gasteiger partial charge in [0, 0.05) is 24.6 Å². The number of benzene rings is 2. The maximum absolute atomic E-state index is 15.0. The number of nitrogens with zero attached hydrogens (tertiary/aromatic N) is 1. The first kappa shape index (κ1) is 28.0. The van der Waals surface area contributed by atoms with Gasteiger partial charge in [-0.3, -0.25) is 9.59 Å². The van der Waals surface area contributed by atoms with Crippen molar-refractivity contribution >= 4 is 11.8 Å². The molecule has 4 N–H and O–H groups in total. The fraction of sp³-hybridized carbons (Fsp3) is 0.440. The summed E-state index contributed by atoms with van der Waals surface area (Å²) in [5.41, 5.74) is 11.3. The maximum Gasteiger partial charge on any atom is 0.573 e. The topological polar surface area (TPSA) is 117 Å². The average Bonchev–Trinajstić information content (AvgIpc) is 2.79. The highest BCUT2D eigenvalue weighted by Crippen LogP contribution is 2.29. The minimum absolute atomic E-state index is 0.0583. The zero-order chi connectivity index (χ0) is 27.4. The Morgan fingerprint density at radius 3 is 2.30 bits per heavy atom. The molecule has 0 aliphatic carbocycles. The lowest BCUT2D eigenvalue weighted by Gasteiger charge is -2.35. The zero-order valence-corrected chi connectivity index (χ0v) is 20.4. The van der Waals surface area contributed by atoms with Crippen LogP contribution in [0.4, 0.5) is 17.6 Å². The Morgan fingerprint density at radius 2 is 1.73 bits per heavy atom. The molecule has 0 bridgehead atoms. The monoisotopic (exact) mass is 527 g/mol. The van der Waals surface area contributed by atoms with Gasteiger partial charge in [0.1, 0.15) is 30.0 Å². The fourth-order valence-corrected chi connectivity index (χ4v) is 3.66. The molecule has 2 aromatic carbocycles. The van der Waals surface area contributed by atoms with Crippen molar-refractivity contribution in [2.45, 2.75) is 50.9 Å². The fourth-order valence-electron chi connectivity index (χ4n) is 3.66. The Hall–Kier alpha value is -3.54. The van der Waals surface area contributed by atoms with Gasteiger partial charge in [0.05, 0.1) is 18.5 Å². The van der Waals surface area contributed by atoms with Gasteiger partial charge >= 0.3 is 6.36 Å². The third kappa shape index (κ3) is 8.52. The molecule has 1 fully saturated rings. The molecule has 37 heavy (non-hydrogen) atoms. The Balaban J connectivity index is 1.60. The molecule has 1 heterocycles. The largest absolute Gasteiger partial charge is 0.573 e. The van der Waals surface area contributed by atoms with Gasteiger partial charge in [-0.15, -0.1) is 13.2 Å². The number of ether oxygens (including phenoxy) is 3. The maximum atomic E-state index is 15.0. The average molecular weight is 528 g/mol. The second-order valence-corrected chi connectivity index (χ2v) is 9.47. The van der Waals surface area contributed by atoms with E-state index in [0.717, 1.165) is 12.1 Å². The third-order valence-corrected chi connectivity index (χ3v) is 5.45. The molecular formula is C25H29F4N3O5. The highest BCUT2D eigenvalue weighted by Gasteiger charge is 2.34. The Labute approximate surface area is 211 Å². The van der Waals surface area contributed by atoms with Gasteiger partial charge in [-0.2, -0.15) is 0 Å². The molecule has 1 aliphatic heterocycles. The van der Waals surface area contributed by atoms with Crippen molar-refractivity contribution in [3.8, 4) is 17.2 Å². The van der Waals surface area contributed by atoms with E-state index in [2.05, 4.69) is 4.74 Å². The first-order valence-electron chi connectivity index (χ1n) is 11.5. The van der Waals surface area contributed by atoms with Crippen LogP contribution in [0.15, 0.2) is 42.5 Å². The predicted molar refractivity (Wildman–Crippen MR) is 126 cm³/mol. The molecule has 0 aromatic heterocycles. The van der Waals surface area contributed by atoms with Crippen LogP contribution >= 0.6 is 0 Å². The van der Waals surface area contributed by atoms with Gasteiger partial charge in [-0.05, 0) is 43.7 Å². The molecule has 1 saturated heterocycles. The van der Waals surface area contributed by atoms with Crippen LogP contribution in [0.2, 0.25) is 0 Å². The number of halogens is 4. The Kier molecular flexibility index (Phi) is 8.52. The molecule has 0 spiro atoms. The molecule has 0 saturated carbocycles. The van der Waals surface area contributed by atoms with Crippen LogP contribution in [-0.4, -0.2) is 60.6 Å². The summed E-state index contributed by atoms with van der Waals surface area (Å²) in [6.45, 7) is 3.68. The van der Waals surface area contributed by atoms with Crippen molar-refractivity contribution in [2.24, 2.45) is 11.5 Å². The third-order valence-electron chi connectivity index (χ3n) is 5.45. The molecule has 8 nitrogen and oxygen atoms in total. The SMILES string of the molecule is CC(C)(N)COc1ccc(C(N)=O)c(O[C@@H]2CCN(C(=O)Cc3ccc(OC(F)(F)F)cc3)C[C@H]2F)c1. The van der Waals surface area contributed by atoms with Crippen molar-refractivity contribution in [3.05, 3.63) is 53.6 Å². The number of hydrogen-bond acceptors (Lipinski definition) is 6. The normalized spacial score (nSPS) is 18.3. The van der Waals surface area contributed by atoms with E-state index in [1.54, 1.807) is 13.8 Å². The summed E-state index contributed by atoms with van der Waals surface area (Å²) in [5.74, 6) is -1.11. The number of piperidine rings is 1. The van der Waals surface area contributed by atoms with Crippen LogP contribution in [0.1, 0.15) is 36.2 Å². The number of alkyl halides is 4. The molecule has 202 valence electrons. The number of likely N-dealkylation sites (tertiary alicyclic amines) is 1. The molecule has 12 heteroatoms. The van der Waals surface area contributed by atoms with Crippen molar-refractivity contribution in [2.75, 3.05) is 19.7 Å². The molecule has 3 rings (SSSR count).